The highest BCUT2D eigenvalue weighted by atomic mass is 16.2. The number of rotatable bonds is 1. The van der Waals surface area contributed by atoms with Crippen molar-refractivity contribution in [1.29, 1.82) is 0 Å². The molecule has 2 heterocycles. The van der Waals surface area contributed by atoms with Crippen LogP contribution >= 0.6 is 0 Å². The van der Waals surface area contributed by atoms with Gasteiger partial charge in [0, 0.05) is 31.5 Å². The van der Waals surface area contributed by atoms with Gasteiger partial charge in [0.05, 0.1) is 0 Å². The second-order valence-corrected chi connectivity index (χ2v) is 4.69. The maximum atomic E-state index is 12.3. The Hall–Kier alpha value is -2.11. The fraction of sp³-hybridized carbons (Fsp3) is 0.417. The molecule has 1 aliphatic heterocycles. The largest absolute Gasteiger partial charge is 0.367 e. The Kier molecular flexibility index (Phi) is 2.94. The summed E-state index contributed by atoms with van der Waals surface area (Å²) in [5, 5.41) is 2.70. The molecule has 0 atom stereocenters. The first kappa shape index (κ1) is 12.3. The number of nitrogens with one attached hydrogen (secondary N) is 2. The number of aromatic amines is 1. The SMILES string of the molecule is CC1(C)C(=O)NCCN1C(=O)c1c[nH]ccc1=O. The van der Waals surface area contributed by atoms with E-state index in [0.717, 1.165) is 0 Å². The number of nitrogens with zero attached hydrogens (tertiary/aromatic N) is 1. The van der Waals surface area contributed by atoms with E-state index in [-0.39, 0.29) is 16.9 Å². The van der Waals surface area contributed by atoms with Crippen molar-refractivity contribution >= 4 is 11.8 Å². The highest BCUT2D eigenvalue weighted by Crippen LogP contribution is 2.19. The zero-order valence-electron chi connectivity index (χ0n) is 10.3. The molecule has 1 fully saturated rings. The first-order chi connectivity index (χ1) is 8.44. The lowest BCUT2D eigenvalue weighted by molar-refractivity contribution is -0.133. The van der Waals surface area contributed by atoms with Gasteiger partial charge in [-0.15, -0.1) is 0 Å². The molecule has 6 heteroatoms. The molecule has 0 aromatic carbocycles. The summed E-state index contributed by atoms with van der Waals surface area (Å²) in [6.07, 6.45) is 2.83. The Morgan fingerprint density at radius 3 is 2.78 bits per heavy atom. The predicted octanol–water partition coefficient (Wildman–Crippen LogP) is -0.275. The van der Waals surface area contributed by atoms with Gasteiger partial charge in [-0.05, 0) is 13.8 Å². The van der Waals surface area contributed by atoms with E-state index >= 15 is 0 Å². The number of amides is 2. The van der Waals surface area contributed by atoms with Crippen molar-refractivity contribution in [2.24, 2.45) is 0 Å². The van der Waals surface area contributed by atoms with Gasteiger partial charge in [-0.25, -0.2) is 0 Å². The minimum atomic E-state index is -0.947. The Balaban J connectivity index is 2.37. The van der Waals surface area contributed by atoms with E-state index in [0.29, 0.717) is 13.1 Å². The summed E-state index contributed by atoms with van der Waals surface area (Å²) in [7, 11) is 0. The molecule has 0 aliphatic carbocycles. The highest BCUT2D eigenvalue weighted by molar-refractivity contribution is 5.99. The Labute approximate surface area is 104 Å². The van der Waals surface area contributed by atoms with Gasteiger partial charge in [0.15, 0.2) is 5.43 Å². The number of hydrogen-bond acceptors (Lipinski definition) is 3. The fourth-order valence-electron chi connectivity index (χ4n) is 1.98. The molecule has 0 spiro atoms. The maximum Gasteiger partial charge on any atom is 0.260 e. The summed E-state index contributed by atoms with van der Waals surface area (Å²) < 4.78 is 0. The minimum absolute atomic E-state index is 0.0558. The molecule has 1 aliphatic rings. The third-order valence-electron chi connectivity index (χ3n) is 3.15. The Morgan fingerprint density at radius 2 is 2.11 bits per heavy atom. The lowest BCUT2D eigenvalue weighted by Gasteiger charge is -2.41. The summed E-state index contributed by atoms with van der Waals surface area (Å²) in [6.45, 7) is 4.12. The van der Waals surface area contributed by atoms with Crippen molar-refractivity contribution in [3.05, 3.63) is 34.2 Å². The van der Waals surface area contributed by atoms with Crippen LogP contribution in [-0.4, -0.2) is 40.3 Å². The molecule has 0 saturated carbocycles. The van der Waals surface area contributed by atoms with Gasteiger partial charge >= 0.3 is 0 Å². The number of H-pyrrole nitrogens is 1. The predicted molar refractivity (Wildman–Crippen MR) is 65.2 cm³/mol. The molecular weight excluding hydrogens is 234 g/mol. The number of hydrogen-bond donors (Lipinski definition) is 2. The first-order valence-corrected chi connectivity index (χ1v) is 5.72. The molecule has 0 unspecified atom stereocenters. The summed E-state index contributed by atoms with van der Waals surface area (Å²) in [5.41, 5.74) is -1.24. The van der Waals surface area contributed by atoms with Crippen LogP contribution in [0, 0.1) is 0 Å². The number of aromatic nitrogens is 1. The third-order valence-corrected chi connectivity index (χ3v) is 3.15. The molecule has 0 bridgehead atoms. The van der Waals surface area contributed by atoms with Crippen LogP contribution in [0.4, 0.5) is 0 Å². The van der Waals surface area contributed by atoms with E-state index in [1.165, 1.54) is 23.4 Å². The van der Waals surface area contributed by atoms with Gasteiger partial charge in [0.25, 0.3) is 5.91 Å². The monoisotopic (exact) mass is 249 g/mol. The van der Waals surface area contributed by atoms with Crippen LogP contribution in [0.1, 0.15) is 24.2 Å². The van der Waals surface area contributed by atoms with Crippen LogP contribution in [0.3, 0.4) is 0 Å². The lowest BCUT2D eigenvalue weighted by Crippen LogP contribution is -2.63. The topological polar surface area (TPSA) is 82.3 Å². The molecule has 6 nitrogen and oxygen atoms in total. The number of carbonyl (C=O) groups is 2. The smallest absolute Gasteiger partial charge is 0.260 e. The van der Waals surface area contributed by atoms with Gasteiger partial charge in [-0.3, -0.25) is 14.4 Å². The van der Waals surface area contributed by atoms with Gasteiger partial charge < -0.3 is 15.2 Å². The first-order valence-electron chi connectivity index (χ1n) is 5.72. The molecule has 1 aromatic heterocycles. The second-order valence-electron chi connectivity index (χ2n) is 4.69. The summed E-state index contributed by atoms with van der Waals surface area (Å²) in [6, 6.07) is 1.30. The van der Waals surface area contributed by atoms with Crippen molar-refractivity contribution in [3.63, 3.8) is 0 Å². The maximum absolute atomic E-state index is 12.3. The second kappa shape index (κ2) is 4.29. The standard InChI is InChI=1S/C12H15N3O3/c1-12(2)11(18)14-5-6-15(12)10(17)8-7-13-4-3-9(8)16/h3-4,7H,5-6H2,1-2H3,(H,13,16)(H,14,18). The summed E-state index contributed by atoms with van der Waals surface area (Å²) >= 11 is 0. The summed E-state index contributed by atoms with van der Waals surface area (Å²) in [4.78, 5) is 39.8. The van der Waals surface area contributed by atoms with Crippen LogP contribution < -0.4 is 10.7 Å². The van der Waals surface area contributed by atoms with Crippen molar-refractivity contribution < 1.29 is 9.59 Å². The van der Waals surface area contributed by atoms with E-state index < -0.39 is 11.4 Å². The van der Waals surface area contributed by atoms with Gasteiger partial charge in [-0.1, -0.05) is 0 Å². The van der Waals surface area contributed by atoms with E-state index in [1.54, 1.807) is 13.8 Å². The average Bonchev–Trinajstić information content (AvgIpc) is 2.32. The Morgan fingerprint density at radius 1 is 1.39 bits per heavy atom. The molecule has 1 saturated heterocycles. The molecule has 2 amide bonds. The molecule has 0 radical (unpaired) electrons. The van der Waals surface area contributed by atoms with E-state index in [2.05, 4.69) is 10.3 Å². The highest BCUT2D eigenvalue weighted by Gasteiger charge is 2.41. The third kappa shape index (κ3) is 1.90. The number of pyridine rings is 1. The van der Waals surface area contributed by atoms with Crippen LogP contribution in [0.15, 0.2) is 23.3 Å². The molecule has 18 heavy (non-hydrogen) atoms. The normalized spacial score (nSPS) is 18.3. The van der Waals surface area contributed by atoms with Crippen LogP contribution in [0.2, 0.25) is 0 Å². The molecular formula is C12H15N3O3. The molecule has 96 valence electrons. The van der Waals surface area contributed by atoms with Crippen molar-refractivity contribution in [2.75, 3.05) is 13.1 Å². The zero-order chi connectivity index (χ0) is 13.3. The minimum Gasteiger partial charge on any atom is -0.367 e. The lowest BCUT2D eigenvalue weighted by atomic mass is 9.98. The van der Waals surface area contributed by atoms with Gasteiger partial charge in [-0.2, -0.15) is 0 Å². The van der Waals surface area contributed by atoms with Crippen LogP contribution in [0.25, 0.3) is 0 Å². The van der Waals surface area contributed by atoms with Crippen molar-refractivity contribution in [3.8, 4) is 0 Å². The van der Waals surface area contributed by atoms with Crippen LogP contribution in [0.5, 0.6) is 0 Å². The Bertz CT molecular complexity index is 547. The van der Waals surface area contributed by atoms with Gasteiger partial charge in [0.2, 0.25) is 5.91 Å². The number of piperazine rings is 1. The van der Waals surface area contributed by atoms with E-state index in [1.807, 2.05) is 0 Å². The van der Waals surface area contributed by atoms with Crippen LogP contribution in [-0.2, 0) is 4.79 Å². The molecule has 2 N–H and O–H groups in total. The fourth-order valence-corrected chi connectivity index (χ4v) is 1.98. The molecule has 2 rings (SSSR count). The van der Waals surface area contributed by atoms with E-state index in [4.69, 9.17) is 0 Å². The van der Waals surface area contributed by atoms with Gasteiger partial charge in [0.1, 0.15) is 11.1 Å². The van der Waals surface area contributed by atoms with E-state index in [9.17, 15) is 14.4 Å². The average molecular weight is 249 g/mol. The summed E-state index contributed by atoms with van der Waals surface area (Å²) in [5.74, 6) is -0.633. The van der Waals surface area contributed by atoms with Crippen molar-refractivity contribution in [1.82, 2.24) is 15.2 Å². The zero-order valence-corrected chi connectivity index (χ0v) is 10.3. The number of carbonyl (C=O) groups excluding carboxylic acids is 2. The quantitative estimate of drug-likeness (QED) is 0.718. The molecule has 1 aromatic rings. The van der Waals surface area contributed by atoms with Crippen molar-refractivity contribution in [2.45, 2.75) is 19.4 Å².